The maximum absolute atomic E-state index is 4.59. The Morgan fingerprint density at radius 3 is 1.77 bits per heavy atom. The summed E-state index contributed by atoms with van der Waals surface area (Å²) in [4.78, 5) is 0. The lowest BCUT2D eigenvalue weighted by Crippen LogP contribution is -2.01. The fourth-order valence-electron chi connectivity index (χ4n) is 4.33. The molecule has 0 aliphatic heterocycles. The van der Waals surface area contributed by atoms with Crippen LogP contribution in [0, 0.1) is 0 Å². The molecule has 4 aromatic carbocycles. The molecule has 0 saturated heterocycles. The van der Waals surface area contributed by atoms with E-state index in [1.165, 1.54) is 22.3 Å². The second-order valence-electron chi connectivity index (χ2n) is 7.59. The van der Waals surface area contributed by atoms with Gasteiger partial charge >= 0.3 is 0 Å². The van der Waals surface area contributed by atoms with Crippen molar-refractivity contribution < 1.29 is 0 Å². The van der Waals surface area contributed by atoms with Gasteiger partial charge in [0.15, 0.2) is 11.6 Å². The molecular formula is C27H19N3. The van der Waals surface area contributed by atoms with Crippen LogP contribution >= 0.6 is 0 Å². The summed E-state index contributed by atoms with van der Waals surface area (Å²) in [6.45, 7) is 0. The van der Waals surface area contributed by atoms with E-state index in [9.17, 15) is 0 Å². The van der Waals surface area contributed by atoms with Crippen molar-refractivity contribution in [2.45, 2.75) is 6.42 Å². The lowest BCUT2D eigenvalue weighted by molar-refractivity contribution is 1.07. The molecule has 0 unspecified atom stereocenters. The molecule has 0 amide bonds. The van der Waals surface area contributed by atoms with Crippen LogP contribution < -0.4 is 0 Å². The molecule has 5 aromatic rings. The summed E-state index contributed by atoms with van der Waals surface area (Å²) in [5.74, 6) is 1.70. The molecule has 1 aliphatic carbocycles. The van der Waals surface area contributed by atoms with E-state index < -0.39 is 0 Å². The Kier molecular flexibility index (Phi) is 3.85. The zero-order valence-electron chi connectivity index (χ0n) is 16.4. The van der Waals surface area contributed by atoms with Gasteiger partial charge in [-0.25, -0.2) is 0 Å². The van der Waals surface area contributed by atoms with E-state index in [0.29, 0.717) is 0 Å². The van der Waals surface area contributed by atoms with Crippen molar-refractivity contribution in [3.8, 4) is 39.6 Å². The summed E-state index contributed by atoms with van der Waals surface area (Å²) < 4.78 is 2.17. The van der Waals surface area contributed by atoms with E-state index in [1.54, 1.807) is 0 Å². The number of fused-ring (bicyclic) bond motifs is 3. The Bertz CT molecular complexity index is 1290. The Hall–Kier alpha value is -3.98. The molecule has 0 atom stereocenters. The molecule has 6 rings (SSSR count). The fraction of sp³-hybridized carbons (Fsp3) is 0.0370. The molecular weight excluding hydrogens is 366 g/mol. The fourth-order valence-corrected chi connectivity index (χ4v) is 4.33. The Morgan fingerprint density at radius 2 is 1.10 bits per heavy atom. The average Bonchev–Trinajstić information content (AvgIpc) is 3.42. The van der Waals surface area contributed by atoms with Gasteiger partial charge in [-0.2, -0.15) is 0 Å². The van der Waals surface area contributed by atoms with Crippen molar-refractivity contribution in [3.05, 3.63) is 114 Å². The highest BCUT2D eigenvalue weighted by molar-refractivity contribution is 5.79. The van der Waals surface area contributed by atoms with E-state index in [1.807, 2.05) is 36.4 Å². The number of benzene rings is 4. The molecule has 0 spiro atoms. The van der Waals surface area contributed by atoms with Gasteiger partial charge in [-0.3, -0.25) is 4.57 Å². The quantitative estimate of drug-likeness (QED) is 0.365. The minimum atomic E-state index is 0.848. The van der Waals surface area contributed by atoms with Gasteiger partial charge in [0.1, 0.15) is 0 Å². The molecule has 30 heavy (non-hydrogen) atoms. The van der Waals surface area contributed by atoms with Crippen molar-refractivity contribution in [2.75, 3.05) is 0 Å². The third-order valence-corrected chi connectivity index (χ3v) is 5.77. The maximum Gasteiger partial charge on any atom is 0.168 e. The van der Waals surface area contributed by atoms with Gasteiger partial charge in [0.25, 0.3) is 0 Å². The predicted octanol–water partition coefficient (Wildman–Crippen LogP) is 6.17. The lowest BCUT2D eigenvalue weighted by Gasteiger charge is -2.13. The molecule has 142 valence electrons. The maximum atomic E-state index is 4.59. The van der Waals surface area contributed by atoms with Gasteiger partial charge in [-0.1, -0.05) is 91.0 Å². The number of hydrogen-bond donors (Lipinski definition) is 0. The van der Waals surface area contributed by atoms with Crippen LogP contribution in [0.15, 0.2) is 103 Å². The van der Waals surface area contributed by atoms with Crippen LogP contribution in [0.25, 0.3) is 39.6 Å². The van der Waals surface area contributed by atoms with Gasteiger partial charge in [0.2, 0.25) is 0 Å². The summed E-state index contributed by atoms with van der Waals surface area (Å²) in [6, 6.07) is 35.9. The van der Waals surface area contributed by atoms with Crippen molar-refractivity contribution in [3.63, 3.8) is 0 Å². The SMILES string of the molecule is c1ccc(-c2nnc(-c3ccccc3)n2-c2ccc3c(c2)-c2ccccc2C3)cc1. The number of hydrogen-bond acceptors (Lipinski definition) is 2. The van der Waals surface area contributed by atoms with Gasteiger partial charge in [-0.05, 0) is 40.8 Å². The van der Waals surface area contributed by atoms with Crippen molar-refractivity contribution in [1.82, 2.24) is 14.8 Å². The van der Waals surface area contributed by atoms with Crippen LogP contribution in [-0.4, -0.2) is 14.8 Å². The molecule has 0 saturated carbocycles. The first-order valence-electron chi connectivity index (χ1n) is 10.2. The monoisotopic (exact) mass is 385 g/mol. The smallest absolute Gasteiger partial charge is 0.168 e. The summed E-state index contributed by atoms with van der Waals surface area (Å²) in [6.07, 6.45) is 0.991. The first-order valence-corrected chi connectivity index (χ1v) is 10.2. The topological polar surface area (TPSA) is 30.7 Å². The van der Waals surface area contributed by atoms with Crippen molar-refractivity contribution in [2.24, 2.45) is 0 Å². The van der Waals surface area contributed by atoms with E-state index >= 15 is 0 Å². The molecule has 1 heterocycles. The number of nitrogens with zero attached hydrogens (tertiary/aromatic N) is 3. The van der Waals surface area contributed by atoms with Crippen LogP contribution in [0.4, 0.5) is 0 Å². The standard InChI is InChI=1S/C27H19N3/c1-3-9-19(10-4-1)26-28-29-27(20-11-5-2-6-12-20)30(26)23-16-15-22-17-21-13-7-8-14-24(21)25(22)18-23/h1-16,18H,17H2. The molecule has 1 aromatic heterocycles. The van der Waals surface area contributed by atoms with E-state index in [-0.39, 0.29) is 0 Å². The summed E-state index contributed by atoms with van der Waals surface area (Å²) >= 11 is 0. The predicted molar refractivity (Wildman–Crippen MR) is 120 cm³/mol. The normalized spacial score (nSPS) is 11.9. The highest BCUT2D eigenvalue weighted by Gasteiger charge is 2.21. The van der Waals surface area contributed by atoms with Crippen LogP contribution in [0.5, 0.6) is 0 Å². The zero-order chi connectivity index (χ0) is 19.9. The first-order chi connectivity index (χ1) is 14.9. The average molecular weight is 385 g/mol. The number of aromatic nitrogens is 3. The largest absolute Gasteiger partial charge is 0.275 e. The van der Waals surface area contributed by atoms with Crippen LogP contribution in [0.2, 0.25) is 0 Å². The second kappa shape index (κ2) is 6.82. The van der Waals surface area contributed by atoms with E-state index in [2.05, 4.69) is 81.5 Å². The minimum Gasteiger partial charge on any atom is -0.275 e. The van der Waals surface area contributed by atoms with Crippen molar-refractivity contribution >= 4 is 0 Å². The van der Waals surface area contributed by atoms with Crippen molar-refractivity contribution in [1.29, 1.82) is 0 Å². The van der Waals surface area contributed by atoms with Crippen LogP contribution in [0.1, 0.15) is 11.1 Å². The molecule has 0 bridgehead atoms. The zero-order valence-corrected chi connectivity index (χ0v) is 16.4. The molecule has 0 radical (unpaired) electrons. The summed E-state index contributed by atoms with van der Waals surface area (Å²) in [7, 11) is 0. The number of rotatable bonds is 3. The summed E-state index contributed by atoms with van der Waals surface area (Å²) in [5.41, 5.74) is 8.56. The first kappa shape index (κ1) is 16.9. The lowest BCUT2D eigenvalue weighted by atomic mass is 10.0. The van der Waals surface area contributed by atoms with Gasteiger partial charge in [-0.15, -0.1) is 10.2 Å². The van der Waals surface area contributed by atoms with E-state index in [0.717, 1.165) is 34.9 Å². The second-order valence-corrected chi connectivity index (χ2v) is 7.59. The molecule has 3 nitrogen and oxygen atoms in total. The molecule has 0 fully saturated rings. The Balaban J connectivity index is 1.59. The highest BCUT2D eigenvalue weighted by atomic mass is 15.3. The minimum absolute atomic E-state index is 0.848. The van der Waals surface area contributed by atoms with Gasteiger partial charge < -0.3 is 0 Å². The third-order valence-electron chi connectivity index (χ3n) is 5.77. The van der Waals surface area contributed by atoms with Crippen LogP contribution in [-0.2, 0) is 6.42 Å². The highest BCUT2D eigenvalue weighted by Crippen LogP contribution is 2.39. The van der Waals surface area contributed by atoms with E-state index in [4.69, 9.17) is 0 Å². The third kappa shape index (κ3) is 2.67. The molecule has 0 N–H and O–H groups in total. The van der Waals surface area contributed by atoms with Crippen LogP contribution in [0.3, 0.4) is 0 Å². The summed E-state index contributed by atoms with van der Waals surface area (Å²) in [5, 5.41) is 9.18. The Labute approximate surface area is 175 Å². The molecule has 3 heteroatoms. The Morgan fingerprint density at radius 1 is 0.533 bits per heavy atom. The molecule has 1 aliphatic rings. The van der Waals surface area contributed by atoms with Gasteiger partial charge in [0, 0.05) is 16.8 Å². The van der Waals surface area contributed by atoms with Gasteiger partial charge in [0.05, 0.1) is 0 Å².